The minimum atomic E-state index is -3.98. The van der Waals surface area contributed by atoms with Gasteiger partial charge < -0.3 is 8.92 Å². The minimum absolute atomic E-state index is 0.0597. The van der Waals surface area contributed by atoms with E-state index in [4.69, 9.17) is 8.92 Å². The molecule has 0 amide bonds. The van der Waals surface area contributed by atoms with Crippen molar-refractivity contribution < 1.29 is 17.3 Å². The van der Waals surface area contributed by atoms with Crippen LogP contribution in [0.4, 0.5) is 0 Å². The molecule has 0 aliphatic carbocycles. The third-order valence-corrected chi connectivity index (χ3v) is 5.22. The van der Waals surface area contributed by atoms with Crippen LogP contribution >= 0.6 is 0 Å². The molecule has 0 atom stereocenters. The standard InChI is InChI=1S/C22H17NO4S/c1-26-20-13-11-17(12-14-20)19(16-23)15-18-7-5-6-10-22(18)27-28(24,25)21-8-3-2-4-9-21/h2-15H,1H3/b19-15+. The van der Waals surface area contributed by atoms with Gasteiger partial charge in [0.25, 0.3) is 0 Å². The fourth-order valence-electron chi connectivity index (χ4n) is 2.54. The summed E-state index contributed by atoms with van der Waals surface area (Å²) in [5.74, 6) is 0.825. The van der Waals surface area contributed by atoms with Crippen molar-refractivity contribution in [1.29, 1.82) is 5.26 Å². The van der Waals surface area contributed by atoms with Crippen LogP contribution in [0.2, 0.25) is 0 Å². The highest BCUT2D eigenvalue weighted by Gasteiger charge is 2.17. The molecule has 3 aromatic carbocycles. The van der Waals surface area contributed by atoms with E-state index in [-0.39, 0.29) is 10.6 Å². The van der Waals surface area contributed by atoms with Crippen molar-refractivity contribution in [1.82, 2.24) is 0 Å². The number of ether oxygens (including phenoxy) is 1. The van der Waals surface area contributed by atoms with E-state index in [1.54, 1.807) is 79.9 Å². The van der Waals surface area contributed by atoms with Gasteiger partial charge in [-0.25, -0.2) is 0 Å². The lowest BCUT2D eigenvalue weighted by Gasteiger charge is -2.10. The van der Waals surface area contributed by atoms with E-state index in [9.17, 15) is 13.7 Å². The van der Waals surface area contributed by atoms with Crippen LogP contribution in [0.1, 0.15) is 11.1 Å². The SMILES string of the molecule is COc1ccc(/C(C#N)=C/c2ccccc2OS(=O)(=O)c2ccccc2)cc1. The van der Waals surface area contributed by atoms with E-state index in [2.05, 4.69) is 6.07 Å². The lowest BCUT2D eigenvalue weighted by atomic mass is 10.0. The molecule has 140 valence electrons. The smallest absolute Gasteiger partial charge is 0.339 e. The van der Waals surface area contributed by atoms with Gasteiger partial charge in [0.15, 0.2) is 0 Å². The Morgan fingerprint density at radius 3 is 2.21 bits per heavy atom. The molecule has 0 radical (unpaired) electrons. The molecule has 0 aliphatic rings. The van der Waals surface area contributed by atoms with Gasteiger partial charge in [0.1, 0.15) is 16.4 Å². The van der Waals surface area contributed by atoms with Gasteiger partial charge in [-0.1, -0.05) is 36.4 Å². The Kier molecular flexibility index (Phi) is 5.78. The summed E-state index contributed by atoms with van der Waals surface area (Å²) in [4.78, 5) is 0.0597. The van der Waals surface area contributed by atoms with Crippen LogP contribution < -0.4 is 8.92 Å². The van der Waals surface area contributed by atoms with Crippen molar-refractivity contribution in [3.8, 4) is 17.6 Å². The summed E-state index contributed by atoms with van der Waals surface area (Å²) in [6.07, 6.45) is 1.59. The fourth-order valence-corrected chi connectivity index (χ4v) is 3.51. The molecule has 0 heterocycles. The van der Waals surface area contributed by atoms with E-state index < -0.39 is 10.1 Å². The number of para-hydroxylation sites is 1. The van der Waals surface area contributed by atoms with Gasteiger partial charge in [0.2, 0.25) is 0 Å². The Morgan fingerprint density at radius 2 is 1.57 bits per heavy atom. The summed E-state index contributed by atoms with van der Waals surface area (Å²) in [7, 11) is -2.41. The van der Waals surface area contributed by atoms with Gasteiger partial charge in [-0.05, 0) is 54.1 Å². The zero-order valence-electron chi connectivity index (χ0n) is 15.1. The summed E-state index contributed by atoms with van der Waals surface area (Å²) >= 11 is 0. The van der Waals surface area contributed by atoms with Crippen LogP contribution in [0.15, 0.2) is 83.8 Å². The summed E-state index contributed by atoms with van der Waals surface area (Å²) < 4.78 is 35.5. The van der Waals surface area contributed by atoms with Crippen molar-refractivity contribution in [2.45, 2.75) is 4.90 Å². The monoisotopic (exact) mass is 391 g/mol. The van der Waals surface area contributed by atoms with Crippen molar-refractivity contribution in [3.05, 3.63) is 90.0 Å². The highest BCUT2D eigenvalue weighted by Crippen LogP contribution is 2.28. The maximum absolute atomic E-state index is 12.5. The Hall–Kier alpha value is -3.56. The Bertz CT molecular complexity index is 1130. The van der Waals surface area contributed by atoms with Crippen molar-refractivity contribution >= 4 is 21.8 Å². The van der Waals surface area contributed by atoms with Gasteiger partial charge in [-0.15, -0.1) is 0 Å². The van der Waals surface area contributed by atoms with Gasteiger partial charge in [-0.2, -0.15) is 13.7 Å². The lowest BCUT2D eigenvalue weighted by molar-refractivity contribution is 0.415. The first-order chi connectivity index (χ1) is 13.5. The van der Waals surface area contributed by atoms with Crippen LogP contribution in [0.5, 0.6) is 11.5 Å². The largest absolute Gasteiger partial charge is 0.497 e. The zero-order valence-corrected chi connectivity index (χ0v) is 15.9. The number of benzene rings is 3. The molecule has 0 aromatic heterocycles. The Morgan fingerprint density at radius 1 is 0.929 bits per heavy atom. The van der Waals surface area contributed by atoms with Crippen molar-refractivity contribution in [2.75, 3.05) is 7.11 Å². The van der Waals surface area contributed by atoms with E-state index in [0.717, 1.165) is 0 Å². The summed E-state index contributed by atoms with van der Waals surface area (Å²) in [5.41, 5.74) is 1.54. The predicted molar refractivity (Wildman–Crippen MR) is 107 cm³/mol. The molecule has 0 fully saturated rings. The molecule has 0 saturated carbocycles. The fraction of sp³-hybridized carbons (Fsp3) is 0.0455. The number of allylic oxidation sites excluding steroid dienone is 1. The van der Waals surface area contributed by atoms with Crippen LogP contribution in [0.25, 0.3) is 11.6 Å². The van der Waals surface area contributed by atoms with Crippen molar-refractivity contribution in [2.24, 2.45) is 0 Å². The second-order valence-electron chi connectivity index (χ2n) is 5.79. The summed E-state index contributed by atoms with van der Waals surface area (Å²) in [6, 6.07) is 23.7. The predicted octanol–water partition coefficient (Wildman–Crippen LogP) is 4.53. The van der Waals surface area contributed by atoms with E-state index >= 15 is 0 Å². The Balaban J connectivity index is 1.97. The highest BCUT2D eigenvalue weighted by atomic mass is 32.2. The number of hydrogen-bond donors (Lipinski definition) is 0. The number of nitrogens with zero attached hydrogens (tertiary/aromatic N) is 1. The number of nitriles is 1. The normalized spacial score (nSPS) is 11.5. The molecule has 5 nitrogen and oxygen atoms in total. The third-order valence-electron chi connectivity index (χ3n) is 3.97. The van der Waals surface area contributed by atoms with E-state index in [0.29, 0.717) is 22.4 Å². The maximum Gasteiger partial charge on any atom is 0.339 e. The van der Waals surface area contributed by atoms with Gasteiger partial charge in [0, 0.05) is 5.56 Å². The van der Waals surface area contributed by atoms with Gasteiger partial charge >= 0.3 is 10.1 Å². The molecule has 0 unspecified atom stereocenters. The molecule has 3 aromatic rings. The molecule has 6 heteroatoms. The van der Waals surface area contributed by atoms with Crippen LogP contribution in [0.3, 0.4) is 0 Å². The molecule has 0 N–H and O–H groups in total. The van der Waals surface area contributed by atoms with Gasteiger partial charge in [0.05, 0.1) is 18.8 Å². The zero-order chi connectivity index (χ0) is 20.0. The van der Waals surface area contributed by atoms with E-state index in [1.807, 2.05) is 0 Å². The first kappa shape index (κ1) is 19.2. The molecular formula is C22H17NO4S. The molecule has 0 aliphatic heterocycles. The number of methoxy groups -OCH3 is 1. The average molecular weight is 391 g/mol. The Labute approximate surface area is 164 Å². The second kappa shape index (κ2) is 8.42. The molecule has 0 saturated heterocycles. The number of hydrogen-bond acceptors (Lipinski definition) is 5. The molecule has 28 heavy (non-hydrogen) atoms. The van der Waals surface area contributed by atoms with Crippen LogP contribution in [0, 0.1) is 11.3 Å². The second-order valence-corrected chi connectivity index (χ2v) is 7.33. The lowest BCUT2D eigenvalue weighted by Crippen LogP contribution is -2.10. The first-order valence-electron chi connectivity index (χ1n) is 8.38. The number of rotatable bonds is 6. The van der Waals surface area contributed by atoms with Crippen LogP contribution in [-0.4, -0.2) is 15.5 Å². The summed E-state index contributed by atoms with van der Waals surface area (Å²) in [5, 5.41) is 9.56. The molecule has 0 bridgehead atoms. The highest BCUT2D eigenvalue weighted by molar-refractivity contribution is 7.87. The molecule has 0 spiro atoms. The first-order valence-corrected chi connectivity index (χ1v) is 9.79. The van der Waals surface area contributed by atoms with E-state index in [1.165, 1.54) is 12.1 Å². The quantitative estimate of drug-likeness (QED) is 0.351. The topological polar surface area (TPSA) is 76.4 Å². The van der Waals surface area contributed by atoms with Crippen molar-refractivity contribution in [3.63, 3.8) is 0 Å². The third kappa shape index (κ3) is 4.40. The molecule has 3 rings (SSSR count). The molecular weight excluding hydrogens is 374 g/mol. The maximum atomic E-state index is 12.5. The van der Waals surface area contributed by atoms with Crippen LogP contribution in [-0.2, 0) is 10.1 Å². The average Bonchev–Trinajstić information content (AvgIpc) is 2.73. The summed E-state index contributed by atoms with van der Waals surface area (Å²) in [6.45, 7) is 0. The van der Waals surface area contributed by atoms with Gasteiger partial charge in [-0.3, -0.25) is 0 Å². The minimum Gasteiger partial charge on any atom is -0.497 e.